The van der Waals surface area contributed by atoms with Crippen molar-refractivity contribution in [2.45, 2.75) is 6.92 Å². The molecule has 0 aliphatic rings. The number of carbonyl (C=O) groups excluding carboxylic acids is 1. The Hall–Kier alpha value is -3.39. The van der Waals surface area contributed by atoms with E-state index in [-0.39, 0.29) is 5.78 Å². The summed E-state index contributed by atoms with van der Waals surface area (Å²) in [7, 11) is 0. The number of carbonyl (C=O) groups is 1. The van der Waals surface area contributed by atoms with Crippen molar-refractivity contribution in [1.82, 2.24) is 4.57 Å². The number of Topliss-reactive ketones (excluding diaryl/α,β-unsaturated/α-hetero) is 1. The van der Waals surface area contributed by atoms with Gasteiger partial charge in [-0.05, 0) is 42.6 Å². The van der Waals surface area contributed by atoms with Crippen LogP contribution in [0, 0.1) is 0 Å². The van der Waals surface area contributed by atoms with Crippen molar-refractivity contribution in [1.29, 1.82) is 0 Å². The second-order valence-electron chi connectivity index (χ2n) is 6.64. The third-order valence-corrected chi connectivity index (χ3v) is 5.09. The predicted octanol–water partition coefficient (Wildman–Crippen LogP) is 6.14. The van der Waals surface area contributed by atoms with Gasteiger partial charge in [-0.1, -0.05) is 54.6 Å². The highest BCUT2D eigenvalue weighted by Crippen LogP contribution is 2.36. The molecule has 1 heterocycles. The average molecular weight is 335 g/mol. The topological polar surface area (TPSA) is 22.0 Å². The summed E-state index contributed by atoms with van der Waals surface area (Å²) in [5.41, 5.74) is 4.19. The fourth-order valence-electron chi connectivity index (χ4n) is 3.84. The highest BCUT2D eigenvalue weighted by atomic mass is 16.1. The summed E-state index contributed by atoms with van der Waals surface area (Å²) in [5, 5.41) is 4.94. The van der Waals surface area contributed by atoms with Gasteiger partial charge in [0.25, 0.3) is 0 Å². The Morgan fingerprint density at radius 1 is 0.692 bits per heavy atom. The molecule has 0 bridgehead atoms. The Kier molecular flexibility index (Phi) is 3.19. The van der Waals surface area contributed by atoms with E-state index in [4.69, 9.17) is 0 Å². The van der Waals surface area contributed by atoms with Crippen molar-refractivity contribution in [3.63, 3.8) is 0 Å². The van der Waals surface area contributed by atoms with E-state index in [1.54, 1.807) is 6.92 Å². The first-order chi connectivity index (χ1) is 12.7. The minimum atomic E-state index is 0.0872. The van der Waals surface area contributed by atoms with Crippen molar-refractivity contribution in [3.8, 4) is 5.69 Å². The van der Waals surface area contributed by atoms with Gasteiger partial charge in [0.15, 0.2) is 5.78 Å². The largest absolute Gasteiger partial charge is 0.309 e. The van der Waals surface area contributed by atoms with Crippen LogP contribution in [0.4, 0.5) is 0 Å². The van der Waals surface area contributed by atoms with Crippen molar-refractivity contribution in [2.24, 2.45) is 0 Å². The molecule has 4 aromatic carbocycles. The first kappa shape index (κ1) is 14.9. The number of rotatable bonds is 2. The normalized spacial score (nSPS) is 11.4. The molecule has 2 heteroatoms. The monoisotopic (exact) mass is 335 g/mol. The zero-order valence-corrected chi connectivity index (χ0v) is 14.4. The molecule has 124 valence electrons. The number of ketones is 1. The summed E-state index contributed by atoms with van der Waals surface area (Å²) in [5.74, 6) is 0.0872. The summed E-state index contributed by atoms with van der Waals surface area (Å²) < 4.78 is 2.30. The van der Waals surface area contributed by atoms with Crippen LogP contribution in [0.15, 0.2) is 84.9 Å². The number of fused-ring (bicyclic) bond motifs is 5. The van der Waals surface area contributed by atoms with E-state index in [2.05, 4.69) is 65.2 Å². The number of hydrogen-bond acceptors (Lipinski definition) is 1. The zero-order valence-electron chi connectivity index (χ0n) is 14.4. The molecule has 0 atom stereocenters. The van der Waals surface area contributed by atoms with Crippen LogP contribution < -0.4 is 0 Å². The highest BCUT2D eigenvalue weighted by molar-refractivity contribution is 6.18. The van der Waals surface area contributed by atoms with Gasteiger partial charge in [0.2, 0.25) is 0 Å². The SMILES string of the molecule is CC(=O)c1ccc(-n2c3ccccc3c3ccc4ccccc4c32)cc1. The van der Waals surface area contributed by atoms with Gasteiger partial charge in [-0.3, -0.25) is 4.79 Å². The molecule has 0 fully saturated rings. The van der Waals surface area contributed by atoms with E-state index in [1.807, 2.05) is 24.3 Å². The first-order valence-corrected chi connectivity index (χ1v) is 8.76. The van der Waals surface area contributed by atoms with Gasteiger partial charge in [-0.15, -0.1) is 0 Å². The lowest BCUT2D eigenvalue weighted by molar-refractivity contribution is 0.101. The van der Waals surface area contributed by atoms with E-state index in [1.165, 1.54) is 32.6 Å². The van der Waals surface area contributed by atoms with E-state index in [0.29, 0.717) is 0 Å². The zero-order chi connectivity index (χ0) is 17.7. The summed E-state index contributed by atoms with van der Waals surface area (Å²) in [6.45, 7) is 1.60. The lowest BCUT2D eigenvalue weighted by atomic mass is 10.1. The summed E-state index contributed by atoms with van der Waals surface area (Å²) in [6, 6.07) is 29.2. The first-order valence-electron chi connectivity index (χ1n) is 8.76. The second kappa shape index (κ2) is 5.57. The summed E-state index contributed by atoms with van der Waals surface area (Å²) >= 11 is 0. The molecular formula is C24H17NO. The Morgan fingerprint density at radius 2 is 1.38 bits per heavy atom. The second-order valence-corrected chi connectivity index (χ2v) is 6.64. The lowest BCUT2D eigenvalue weighted by Gasteiger charge is -2.10. The van der Waals surface area contributed by atoms with Gasteiger partial charge in [0, 0.05) is 27.4 Å². The number of benzene rings is 4. The Bertz CT molecular complexity index is 1290. The van der Waals surface area contributed by atoms with Crippen molar-refractivity contribution in [3.05, 3.63) is 90.5 Å². The van der Waals surface area contributed by atoms with Gasteiger partial charge in [0.1, 0.15) is 0 Å². The fourth-order valence-corrected chi connectivity index (χ4v) is 3.84. The molecule has 2 nitrogen and oxygen atoms in total. The number of aromatic nitrogens is 1. The molecule has 0 saturated carbocycles. The van der Waals surface area contributed by atoms with E-state index >= 15 is 0 Å². The Labute approximate surface area is 151 Å². The lowest BCUT2D eigenvalue weighted by Crippen LogP contribution is -1.97. The molecule has 0 radical (unpaired) electrons. The van der Waals surface area contributed by atoms with Crippen LogP contribution in [0.25, 0.3) is 38.3 Å². The number of para-hydroxylation sites is 1. The summed E-state index contributed by atoms with van der Waals surface area (Å²) in [6.07, 6.45) is 0. The van der Waals surface area contributed by atoms with Crippen LogP contribution >= 0.6 is 0 Å². The molecule has 1 aromatic heterocycles. The van der Waals surface area contributed by atoms with Gasteiger partial charge < -0.3 is 4.57 Å². The maximum absolute atomic E-state index is 11.6. The molecule has 26 heavy (non-hydrogen) atoms. The van der Waals surface area contributed by atoms with Crippen molar-refractivity contribution in [2.75, 3.05) is 0 Å². The molecule has 0 N–H and O–H groups in total. The van der Waals surface area contributed by atoms with E-state index in [9.17, 15) is 4.79 Å². The number of hydrogen-bond donors (Lipinski definition) is 0. The predicted molar refractivity (Wildman–Crippen MR) is 108 cm³/mol. The third-order valence-electron chi connectivity index (χ3n) is 5.09. The van der Waals surface area contributed by atoms with Crippen molar-refractivity contribution < 1.29 is 4.79 Å². The molecule has 0 spiro atoms. The summed E-state index contributed by atoms with van der Waals surface area (Å²) in [4.78, 5) is 11.6. The van der Waals surface area contributed by atoms with Gasteiger partial charge >= 0.3 is 0 Å². The molecule has 5 aromatic rings. The quantitative estimate of drug-likeness (QED) is 0.355. The maximum atomic E-state index is 11.6. The molecule has 0 aliphatic heterocycles. The van der Waals surface area contributed by atoms with Gasteiger partial charge in [0.05, 0.1) is 11.0 Å². The van der Waals surface area contributed by atoms with Crippen LogP contribution in [0.2, 0.25) is 0 Å². The smallest absolute Gasteiger partial charge is 0.159 e. The van der Waals surface area contributed by atoms with Crippen molar-refractivity contribution >= 4 is 38.4 Å². The Balaban J connectivity index is 1.95. The third kappa shape index (κ3) is 2.09. The maximum Gasteiger partial charge on any atom is 0.159 e. The van der Waals surface area contributed by atoms with Crippen LogP contribution in [-0.2, 0) is 0 Å². The van der Waals surface area contributed by atoms with E-state index in [0.717, 1.165) is 11.3 Å². The van der Waals surface area contributed by atoms with Crippen LogP contribution in [0.3, 0.4) is 0 Å². The van der Waals surface area contributed by atoms with Gasteiger partial charge in [-0.25, -0.2) is 0 Å². The van der Waals surface area contributed by atoms with E-state index < -0.39 is 0 Å². The van der Waals surface area contributed by atoms with Gasteiger partial charge in [-0.2, -0.15) is 0 Å². The highest BCUT2D eigenvalue weighted by Gasteiger charge is 2.14. The minimum absolute atomic E-state index is 0.0872. The molecular weight excluding hydrogens is 318 g/mol. The van der Waals surface area contributed by atoms with Crippen LogP contribution in [0.5, 0.6) is 0 Å². The molecule has 0 aliphatic carbocycles. The molecule has 0 unspecified atom stereocenters. The average Bonchev–Trinajstić information content (AvgIpc) is 3.03. The molecule has 0 saturated heterocycles. The molecule has 0 amide bonds. The standard InChI is InChI=1S/C24H17NO/c1-16(26)17-10-13-19(14-11-17)25-23-9-5-4-8-21(23)22-15-12-18-6-2-3-7-20(18)24(22)25/h2-15H,1H3. The van der Waals surface area contributed by atoms with Crippen LogP contribution in [0.1, 0.15) is 17.3 Å². The minimum Gasteiger partial charge on any atom is -0.309 e. The Morgan fingerprint density at radius 3 is 2.15 bits per heavy atom. The molecule has 5 rings (SSSR count). The fraction of sp³-hybridized carbons (Fsp3) is 0.0417. The van der Waals surface area contributed by atoms with Crippen LogP contribution in [-0.4, -0.2) is 10.4 Å². The number of nitrogens with zero attached hydrogens (tertiary/aromatic N) is 1.